The van der Waals surface area contributed by atoms with E-state index in [4.69, 9.17) is 21.4 Å². The minimum atomic E-state index is -1.05. The first-order chi connectivity index (χ1) is 10.9. The Morgan fingerprint density at radius 2 is 2.04 bits per heavy atom. The number of rotatable bonds is 6. The number of ether oxygens (including phenoxy) is 1. The zero-order valence-electron chi connectivity index (χ0n) is 12.8. The zero-order valence-corrected chi connectivity index (χ0v) is 15.1. The Labute approximate surface area is 148 Å². The van der Waals surface area contributed by atoms with Gasteiger partial charge in [-0.3, -0.25) is 0 Å². The molecule has 2 aromatic rings. The summed E-state index contributed by atoms with van der Waals surface area (Å²) in [5.41, 5.74) is 1.73. The number of hydrogen-bond acceptors (Lipinski definition) is 3. The van der Waals surface area contributed by atoms with Gasteiger partial charge in [-0.25, -0.2) is 4.79 Å². The Kier molecular flexibility index (Phi) is 5.91. The van der Waals surface area contributed by atoms with Crippen molar-refractivity contribution in [2.75, 3.05) is 5.32 Å². The Balaban J connectivity index is 2.19. The largest absolute Gasteiger partial charge is 0.491 e. The maximum atomic E-state index is 11.1. The molecule has 2 N–H and O–H groups in total. The average Bonchev–Trinajstić information content (AvgIpc) is 2.48. The zero-order chi connectivity index (χ0) is 17.0. The van der Waals surface area contributed by atoms with Gasteiger partial charge in [-0.15, -0.1) is 0 Å². The lowest BCUT2D eigenvalue weighted by Gasteiger charge is -2.16. The monoisotopic (exact) mass is 397 g/mol. The highest BCUT2D eigenvalue weighted by Crippen LogP contribution is 2.26. The molecule has 122 valence electrons. The van der Waals surface area contributed by atoms with Gasteiger partial charge in [0.2, 0.25) is 0 Å². The second kappa shape index (κ2) is 7.70. The first-order valence-electron chi connectivity index (χ1n) is 7.08. The second-order valence-corrected chi connectivity index (χ2v) is 6.59. The lowest BCUT2D eigenvalue weighted by atomic mass is 10.1. The minimum absolute atomic E-state index is 0.0732. The van der Waals surface area contributed by atoms with Crippen LogP contribution in [0.5, 0.6) is 5.75 Å². The molecule has 0 atom stereocenters. The maximum Gasteiger partial charge on any atom is 0.337 e. The topological polar surface area (TPSA) is 58.6 Å². The summed E-state index contributed by atoms with van der Waals surface area (Å²) in [6.07, 6.45) is 0.0732. The third kappa shape index (κ3) is 4.88. The van der Waals surface area contributed by atoms with E-state index in [0.29, 0.717) is 12.2 Å². The highest BCUT2D eigenvalue weighted by atomic mass is 79.9. The molecule has 4 nitrogen and oxygen atoms in total. The Morgan fingerprint density at radius 3 is 2.70 bits per heavy atom. The van der Waals surface area contributed by atoms with Gasteiger partial charge in [0.15, 0.2) is 0 Å². The summed E-state index contributed by atoms with van der Waals surface area (Å²) >= 11 is 9.33. The highest BCUT2D eigenvalue weighted by molar-refractivity contribution is 9.10. The van der Waals surface area contributed by atoms with E-state index in [9.17, 15) is 4.79 Å². The fourth-order valence-electron chi connectivity index (χ4n) is 2.05. The quantitative estimate of drug-likeness (QED) is 0.702. The number of carboxylic acids is 1. The normalized spacial score (nSPS) is 10.7. The van der Waals surface area contributed by atoms with E-state index in [-0.39, 0.29) is 16.7 Å². The fourth-order valence-corrected chi connectivity index (χ4v) is 2.66. The molecule has 0 saturated carbocycles. The van der Waals surface area contributed by atoms with E-state index >= 15 is 0 Å². The van der Waals surface area contributed by atoms with E-state index in [2.05, 4.69) is 21.2 Å². The molecule has 6 heteroatoms. The van der Waals surface area contributed by atoms with Crippen molar-refractivity contribution in [3.8, 4) is 5.75 Å². The van der Waals surface area contributed by atoms with Gasteiger partial charge in [-0.2, -0.15) is 0 Å². The molecule has 0 aliphatic carbocycles. The van der Waals surface area contributed by atoms with Crippen LogP contribution in [0, 0.1) is 0 Å². The van der Waals surface area contributed by atoms with Gasteiger partial charge in [0.1, 0.15) is 5.75 Å². The molecule has 0 amide bonds. The minimum Gasteiger partial charge on any atom is -0.491 e. The molecule has 2 rings (SSSR count). The Morgan fingerprint density at radius 1 is 1.30 bits per heavy atom. The number of hydrogen-bond donors (Lipinski definition) is 2. The van der Waals surface area contributed by atoms with E-state index < -0.39 is 5.97 Å². The molecule has 0 unspecified atom stereocenters. The molecule has 0 heterocycles. The van der Waals surface area contributed by atoms with E-state index in [1.807, 2.05) is 32.0 Å². The molecule has 0 aliphatic heterocycles. The molecule has 0 radical (unpaired) electrons. The second-order valence-electron chi connectivity index (χ2n) is 5.27. The van der Waals surface area contributed by atoms with Crippen LogP contribution >= 0.6 is 27.5 Å². The van der Waals surface area contributed by atoms with Crippen molar-refractivity contribution >= 4 is 39.2 Å². The Bertz CT molecular complexity index is 719. The van der Waals surface area contributed by atoms with Gasteiger partial charge in [-0.05, 0) is 50.2 Å². The predicted octanol–water partition coefficient (Wildman–Crippen LogP) is 5.20. The van der Waals surface area contributed by atoms with Gasteiger partial charge in [0, 0.05) is 22.3 Å². The van der Waals surface area contributed by atoms with Crippen molar-refractivity contribution in [3.63, 3.8) is 0 Å². The summed E-state index contributed by atoms with van der Waals surface area (Å²) < 4.78 is 6.75. The number of carbonyl (C=O) groups is 1. The molecular weight excluding hydrogens is 382 g/mol. The number of nitrogens with one attached hydrogen (secondary N) is 1. The highest BCUT2D eigenvalue weighted by Gasteiger charge is 2.10. The number of anilines is 1. The summed E-state index contributed by atoms with van der Waals surface area (Å²) in [6, 6.07) is 10.6. The first kappa shape index (κ1) is 17.6. The number of carboxylic acid groups (broad SMARTS) is 1. The van der Waals surface area contributed by atoms with Crippen molar-refractivity contribution in [1.29, 1.82) is 0 Å². The van der Waals surface area contributed by atoms with Gasteiger partial charge in [0.25, 0.3) is 0 Å². The lowest BCUT2D eigenvalue weighted by Crippen LogP contribution is -2.09. The van der Waals surface area contributed by atoms with E-state index in [0.717, 1.165) is 15.8 Å². The maximum absolute atomic E-state index is 11.1. The van der Waals surface area contributed by atoms with Crippen LogP contribution in [0.1, 0.15) is 29.8 Å². The standard InChI is InChI=1S/C17H17BrClNO3/c1-10(2)23-16-6-3-12(18)7-11(16)9-20-13-4-5-15(19)14(8-13)17(21)22/h3-8,10,20H,9H2,1-2H3,(H,21,22). The molecule has 2 aromatic carbocycles. The van der Waals surface area contributed by atoms with Crippen LogP contribution in [0.4, 0.5) is 5.69 Å². The van der Waals surface area contributed by atoms with Crippen molar-refractivity contribution in [2.45, 2.75) is 26.5 Å². The van der Waals surface area contributed by atoms with Crippen molar-refractivity contribution < 1.29 is 14.6 Å². The van der Waals surface area contributed by atoms with Crippen LogP contribution in [-0.4, -0.2) is 17.2 Å². The number of halogens is 2. The summed E-state index contributed by atoms with van der Waals surface area (Å²) in [4.78, 5) is 11.1. The third-order valence-corrected chi connectivity index (χ3v) is 3.89. The van der Waals surface area contributed by atoms with Gasteiger partial charge >= 0.3 is 5.97 Å². The van der Waals surface area contributed by atoms with Crippen LogP contribution in [0.2, 0.25) is 5.02 Å². The van der Waals surface area contributed by atoms with Crippen molar-refractivity contribution in [2.24, 2.45) is 0 Å². The van der Waals surface area contributed by atoms with Crippen LogP contribution in [0.25, 0.3) is 0 Å². The molecular formula is C17H17BrClNO3. The Hall–Kier alpha value is -1.72. The summed E-state index contributed by atoms with van der Waals surface area (Å²) in [5.74, 6) is -0.256. The summed E-state index contributed by atoms with van der Waals surface area (Å²) in [5, 5.41) is 12.5. The van der Waals surface area contributed by atoms with Crippen molar-refractivity contribution in [1.82, 2.24) is 0 Å². The lowest BCUT2D eigenvalue weighted by molar-refractivity contribution is 0.0697. The van der Waals surface area contributed by atoms with Gasteiger partial charge in [-0.1, -0.05) is 27.5 Å². The predicted molar refractivity (Wildman–Crippen MR) is 95.6 cm³/mol. The van der Waals surface area contributed by atoms with E-state index in [1.165, 1.54) is 6.07 Å². The molecule has 0 fully saturated rings. The van der Waals surface area contributed by atoms with Crippen LogP contribution in [-0.2, 0) is 6.54 Å². The van der Waals surface area contributed by atoms with Crippen LogP contribution in [0.3, 0.4) is 0 Å². The fraction of sp³-hybridized carbons (Fsp3) is 0.235. The first-order valence-corrected chi connectivity index (χ1v) is 8.25. The van der Waals surface area contributed by atoms with Crippen LogP contribution < -0.4 is 10.1 Å². The smallest absolute Gasteiger partial charge is 0.337 e. The molecule has 0 spiro atoms. The molecule has 23 heavy (non-hydrogen) atoms. The average molecular weight is 399 g/mol. The van der Waals surface area contributed by atoms with E-state index in [1.54, 1.807) is 12.1 Å². The third-order valence-electron chi connectivity index (χ3n) is 3.06. The summed E-state index contributed by atoms with van der Waals surface area (Å²) in [6.45, 7) is 4.44. The van der Waals surface area contributed by atoms with Crippen LogP contribution in [0.15, 0.2) is 40.9 Å². The molecule has 0 saturated heterocycles. The van der Waals surface area contributed by atoms with Crippen molar-refractivity contribution in [3.05, 3.63) is 57.0 Å². The van der Waals surface area contributed by atoms with Gasteiger partial charge < -0.3 is 15.2 Å². The number of benzene rings is 2. The molecule has 0 aromatic heterocycles. The molecule has 0 aliphatic rings. The molecule has 0 bridgehead atoms. The SMILES string of the molecule is CC(C)Oc1ccc(Br)cc1CNc1ccc(Cl)c(C(=O)O)c1. The summed E-state index contributed by atoms with van der Waals surface area (Å²) in [7, 11) is 0. The number of aromatic carboxylic acids is 1. The van der Waals surface area contributed by atoms with Gasteiger partial charge in [0.05, 0.1) is 16.7 Å².